The van der Waals surface area contributed by atoms with Crippen LogP contribution in [0, 0.1) is 11.8 Å². The van der Waals surface area contributed by atoms with Crippen LogP contribution in [-0.2, 0) is 4.74 Å². The number of aliphatic hydroxyl groups excluding tert-OH is 1. The first-order valence-electron chi connectivity index (χ1n) is 4.29. The average molecular weight is 157 g/mol. The Bertz CT molecular complexity index is 130. The fourth-order valence-corrected chi connectivity index (χ4v) is 1.70. The normalized spacial score (nSPS) is 28.1. The van der Waals surface area contributed by atoms with Gasteiger partial charge in [0.2, 0.25) is 0 Å². The maximum Gasteiger partial charge on any atom is 0.0528 e. The van der Waals surface area contributed by atoms with E-state index in [0.717, 1.165) is 32.2 Å². The molecule has 3 nitrogen and oxygen atoms in total. The van der Waals surface area contributed by atoms with Gasteiger partial charge in [-0.1, -0.05) is 0 Å². The molecule has 0 radical (unpaired) electrons. The van der Waals surface area contributed by atoms with E-state index in [9.17, 15) is 0 Å². The molecule has 3 heteroatoms. The highest BCUT2D eigenvalue weighted by molar-refractivity contribution is 4.82. The summed E-state index contributed by atoms with van der Waals surface area (Å²) in [6, 6.07) is 0. The number of aliphatic hydroxyl groups is 1. The first-order valence-corrected chi connectivity index (χ1v) is 4.29. The van der Waals surface area contributed by atoms with Crippen LogP contribution >= 0.6 is 0 Å². The van der Waals surface area contributed by atoms with E-state index >= 15 is 0 Å². The summed E-state index contributed by atoms with van der Waals surface area (Å²) < 4.78 is 5.08. The molecule has 2 aliphatic rings. The summed E-state index contributed by atoms with van der Waals surface area (Å²) >= 11 is 0. The summed E-state index contributed by atoms with van der Waals surface area (Å²) in [7, 11) is 0. The number of ether oxygens (including phenoxy) is 1. The van der Waals surface area contributed by atoms with Gasteiger partial charge in [0.05, 0.1) is 13.2 Å². The van der Waals surface area contributed by atoms with Gasteiger partial charge in [0.25, 0.3) is 0 Å². The van der Waals surface area contributed by atoms with Crippen molar-refractivity contribution < 1.29 is 9.84 Å². The largest absolute Gasteiger partial charge is 0.396 e. The first kappa shape index (κ1) is 7.53. The second kappa shape index (κ2) is 3.09. The molecule has 0 saturated carbocycles. The SMILES string of the molecule is OCC1CN(CC2COC2)C1. The van der Waals surface area contributed by atoms with Crippen LogP contribution in [0.15, 0.2) is 0 Å². The lowest BCUT2D eigenvalue weighted by molar-refractivity contribution is -0.0654. The third-order valence-electron chi connectivity index (χ3n) is 2.51. The van der Waals surface area contributed by atoms with E-state index in [-0.39, 0.29) is 0 Å². The number of rotatable bonds is 3. The minimum Gasteiger partial charge on any atom is -0.396 e. The predicted octanol–water partition coefficient (Wildman–Crippen LogP) is -0.443. The van der Waals surface area contributed by atoms with Crippen LogP contribution in [0.25, 0.3) is 0 Å². The molecule has 0 unspecified atom stereocenters. The van der Waals surface area contributed by atoms with Crippen molar-refractivity contribution in [2.24, 2.45) is 11.8 Å². The van der Waals surface area contributed by atoms with Gasteiger partial charge in [-0.15, -0.1) is 0 Å². The fourth-order valence-electron chi connectivity index (χ4n) is 1.70. The maximum atomic E-state index is 8.76. The Hall–Kier alpha value is -0.120. The van der Waals surface area contributed by atoms with Crippen molar-refractivity contribution in [3.8, 4) is 0 Å². The van der Waals surface area contributed by atoms with E-state index in [2.05, 4.69) is 4.90 Å². The predicted molar refractivity (Wildman–Crippen MR) is 41.3 cm³/mol. The van der Waals surface area contributed by atoms with E-state index < -0.39 is 0 Å². The highest BCUT2D eigenvalue weighted by Gasteiger charge is 2.29. The van der Waals surface area contributed by atoms with Gasteiger partial charge in [0.15, 0.2) is 0 Å². The molecule has 1 N–H and O–H groups in total. The monoisotopic (exact) mass is 157 g/mol. The number of hydrogen-bond donors (Lipinski definition) is 1. The number of nitrogens with zero attached hydrogens (tertiary/aromatic N) is 1. The molecule has 64 valence electrons. The molecule has 2 heterocycles. The molecule has 11 heavy (non-hydrogen) atoms. The van der Waals surface area contributed by atoms with Crippen LogP contribution in [0.4, 0.5) is 0 Å². The highest BCUT2D eigenvalue weighted by atomic mass is 16.5. The molecular weight excluding hydrogens is 142 g/mol. The standard InChI is InChI=1S/C8H15NO2/c10-4-7-1-9(2-7)3-8-5-11-6-8/h7-8,10H,1-6H2. The molecule has 0 aromatic carbocycles. The number of likely N-dealkylation sites (tertiary alicyclic amines) is 1. The smallest absolute Gasteiger partial charge is 0.0528 e. The van der Waals surface area contributed by atoms with Gasteiger partial charge in [-0.05, 0) is 0 Å². The summed E-state index contributed by atoms with van der Waals surface area (Å²) in [4.78, 5) is 2.40. The van der Waals surface area contributed by atoms with E-state index in [1.807, 2.05) is 0 Å². The molecule has 2 rings (SSSR count). The zero-order chi connectivity index (χ0) is 7.68. The van der Waals surface area contributed by atoms with Crippen molar-refractivity contribution in [1.29, 1.82) is 0 Å². The summed E-state index contributed by atoms with van der Waals surface area (Å²) in [6.07, 6.45) is 0. The maximum absolute atomic E-state index is 8.76. The summed E-state index contributed by atoms with van der Waals surface area (Å²) in [6.45, 7) is 5.61. The Morgan fingerprint density at radius 2 is 2.00 bits per heavy atom. The van der Waals surface area contributed by atoms with Crippen molar-refractivity contribution in [2.45, 2.75) is 0 Å². The van der Waals surface area contributed by atoms with Crippen LogP contribution in [0.3, 0.4) is 0 Å². The molecule has 2 fully saturated rings. The summed E-state index contributed by atoms with van der Waals surface area (Å²) in [5.74, 6) is 1.32. The lowest BCUT2D eigenvalue weighted by Gasteiger charge is -2.42. The zero-order valence-corrected chi connectivity index (χ0v) is 6.70. The summed E-state index contributed by atoms with van der Waals surface area (Å²) in [5.41, 5.74) is 0. The molecular formula is C8H15NO2. The fraction of sp³-hybridized carbons (Fsp3) is 1.00. The van der Waals surface area contributed by atoms with Crippen molar-refractivity contribution in [1.82, 2.24) is 4.90 Å². The number of hydrogen-bond acceptors (Lipinski definition) is 3. The molecule has 0 aromatic rings. The molecule has 2 saturated heterocycles. The molecule has 0 bridgehead atoms. The minimum absolute atomic E-state index is 0.359. The lowest BCUT2D eigenvalue weighted by atomic mass is 9.98. The van der Waals surface area contributed by atoms with Crippen molar-refractivity contribution >= 4 is 0 Å². The van der Waals surface area contributed by atoms with Gasteiger partial charge in [0, 0.05) is 38.1 Å². The molecule has 0 aromatic heterocycles. The van der Waals surface area contributed by atoms with E-state index in [4.69, 9.17) is 9.84 Å². The van der Waals surface area contributed by atoms with Crippen molar-refractivity contribution in [3.63, 3.8) is 0 Å². The second-order valence-corrected chi connectivity index (χ2v) is 3.67. The van der Waals surface area contributed by atoms with Gasteiger partial charge < -0.3 is 14.7 Å². The minimum atomic E-state index is 0.359. The van der Waals surface area contributed by atoms with Crippen LogP contribution in [0.5, 0.6) is 0 Å². The Labute approximate surface area is 66.9 Å². The van der Waals surface area contributed by atoms with Crippen molar-refractivity contribution in [2.75, 3.05) is 39.5 Å². The molecule has 0 amide bonds. The van der Waals surface area contributed by atoms with Crippen LogP contribution in [-0.4, -0.2) is 49.5 Å². The third-order valence-corrected chi connectivity index (χ3v) is 2.51. The second-order valence-electron chi connectivity index (χ2n) is 3.67. The van der Waals surface area contributed by atoms with Crippen LogP contribution < -0.4 is 0 Å². The quantitative estimate of drug-likeness (QED) is 0.602. The molecule has 2 aliphatic heterocycles. The van der Waals surface area contributed by atoms with Gasteiger partial charge in [-0.2, -0.15) is 0 Å². The van der Waals surface area contributed by atoms with Gasteiger partial charge in [0.1, 0.15) is 0 Å². The molecule has 0 aliphatic carbocycles. The van der Waals surface area contributed by atoms with Gasteiger partial charge in [-0.3, -0.25) is 0 Å². The van der Waals surface area contributed by atoms with Gasteiger partial charge in [-0.25, -0.2) is 0 Å². The third kappa shape index (κ3) is 1.55. The Morgan fingerprint density at radius 1 is 1.27 bits per heavy atom. The Balaban J connectivity index is 1.59. The first-order chi connectivity index (χ1) is 5.38. The van der Waals surface area contributed by atoms with Gasteiger partial charge >= 0.3 is 0 Å². The van der Waals surface area contributed by atoms with Crippen LogP contribution in [0.2, 0.25) is 0 Å². The van der Waals surface area contributed by atoms with E-state index in [1.54, 1.807) is 0 Å². The lowest BCUT2D eigenvalue weighted by Crippen LogP contribution is -2.52. The summed E-state index contributed by atoms with van der Waals surface area (Å²) in [5, 5.41) is 8.76. The van der Waals surface area contributed by atoms with Crippen molar-refractivity contribution in [3.05, 3.63) is 0 Å². The van der Waals surface area contributed by atoms with E-state index in [0.29, 0.717) is 12.5 Å². The molecule has 0 atom stereocenters. The zero-order valence-electron chi connectivity index (χ0n) is 6.70. The van der Waals surface area contributed by atoms with Crippen LogP contribution in [0.1, 0.15) is 0 Å². The Kier molecular flexibility index (Phi) is 2.11. The Morgan fingerprint density at radius 3 is 2.45 bits per heavy atom. The average Bonchev–Trinajstić information content (AvgIpc) is 1.81. The topological polar surface area (TPSA) is 32.7 Å². The highest BCUT2D eigenvalue weighted by Crippen LogP contribution is 2.19. The van der Waals surface area contributed by atoms with E-state index in [1.165, 1.54) is 6.54 Å². The molecule has 0 spiro atoms.